The lowest BCUT2D eigenvalue weighted by molar-refractivity contribution is -0.126. The summed E-state index contributed by atoms with van der Waals surface area (Å²) in [5.74, 6) is -0.610. The van der Waals surface area contributed by atoms with Crippen LogP contribution in [0.15, 0.2) is 48.5 Å². The van der Waals surface area contributed by atoms with Crippen LogP contribution in [0, 0.1) is 6.92 Å². The molecule has 0 bridgehead atoms. The summed E-state index contributed by atoms with van der Waals surface area (Å²) in [6.07, 6.45) is 0.511. The molecule has 2 N–H and O–H groups in total. The van der Waals surface area contributed by atoms with Gasteiger partial charge in [0.15, 0.2) is 0 Å². The van der Waals surface area contributed by atoms with Crippen molar-refractivity contribution in [2.24, 2.45) is 0 Å². The molecule has 2 amide bonds. The fourth-order valence-electron chi connectivity index (χ4n) is 2.05. The summed E-state index contributed by atoms with van der Waals surface area (Å²) in [7, 11) is 0. The van der Waals surface area contributed by atoms with Gasteiger partial charge in [0.2, 0.25) is 11.8 Å². The fraction of sp³-hybridized carbons (Fsp3) is 0.222. The third kappa shape index (κ3) is 6.12. The van der Waals surface area contributed by atoms with E-state index in [-0.39, 0.29) is 18.2 Å². The second-order valence-electron chi connectivity index (χ2n) is 5.32. The molecule has 0 aliphatic heterocycles. The van der Waals surface area contributed by atoms with Gasteiger partial charge in [0.25, 0.3) is 0 Å². The zero-order valence-corrected chi connectivity index (χ0v) is 13.7. The van der Waals surface area contributed by atoms with E-state index in [1.54, 1.807) is 0 Å². The number of carbonyl (C=O) groups excluding carboxylic acids is 2. The third-order valence-corrected chi connectivity index (χ3v) is 3.56. The molecule has 0 aliphatic carbocycles. The van der Waals surface area contributed by atoms with E-state index in [1.807, 2.05) is 55.5 Å². The molecule has 23 heavy (non-hydrogen) atoms. The highest BCUT2D eigenvalue weighted by Crippen LogP contribution is 2.10. The molecule has 0 radical (unpaired) electrons. The van der Waals surface area contributed by atoms with Crippen LogP contribution in [-0.2, 0) is 16.0 Å². The van der Waals surface area contributed by atoms with Crippen molar-refractivity contribution in [1.29, 1.82) is 0 Å². The molecule has 2 rings (SSSR count). The molecule has 0 saturated carbocycles. The van der Waals surface area contributed by atoms with Gasteiger partial charge in [0, 0.05) is 17.3 Å². The highest BCUT2D eigenvalue weighted by atomic mass is 35.5. The van der Waals surface area contributed by atoms with Crippen molar-refractivity contribution in [1.82, 2.24) is 5.32 Å². The van der Waals surface area contributed by atoms with Crippen molar-refractivity contribution in [3.63, 3.8) is 0 Å². The number of amides is 2. The molecule has 2 aromatic carbocycles. The molecule has 2 aromatic rings. The SMILES string of the molecule is Cc1ccc(NC(=O)CC(=O)NCCc2ccc(Cl)cc2)cc1. The van der Waals surface area contributed by atoms with Crippen molar-refractivity contribution >= 4 is 29.1 Å². The Hall–Kier alpha value is -2.33. The summed E-state index contributed by atoms with van der Waals surface area (Å²) in [6, 6.07) is 14.9. The average molecular weight is 331 g/mol. The first kappa shape index (κ1) is 17.0. The number of hydrogen-bond donors (Lipinski definition) is 2. The predicted octanol–water partition coefficient (Wildman–Crippen LogP) is 3.34. The standard InChI is InChI=1S/C18H19ClN2O2/c1-13-2-8-16(9-3-13)21-18(23)12-17(22)20-11-10-14-4-6-15(19)7-5-14/h2-9H,10-12H2,1H3,(H,20,22)(H,21,23). The monoisotopic (exact) mass is 330 g/mol. The van der Waals surface area contributed by atoms with Gasteiger partial charge < -0.3 is 10.6 Å². The van der Waals surface area contributed by atoms with Crippen LogP contribution in [0.2, 0.25) is 5.02 Å². The lowest BCUT2D eigenvalue weighted by atomic mass is 10.1. The van der Waals surface area contributed by atoms with E-state index in [0.717, 1.165) is 11.1 Å². The summed E-state index contributed by atoms with van der Waals surface area (Å²) >= 11 is 5.81. The van der Waals surface area contributed by atoms with Gasteiger partial charge in [-0.1, -0.05) is 41.4 Å². The summed E-state index contributed by atoms with van der Waals surface area (Å²) in [4.78, 5) is 23.5. The number of rotatable bonds is 6. The molecular weight excluding hydrogens is 312 g/mol. The fourth-order valence-corrected chi connectivity index (χ4v) is 2.17. The minimum absolute atomic E-state index is 0.186. The van der Waals surface area contributed by atoms with E-state index in [0.29, 0.717) is 23.7 Å². The van der Waals surface area contributed by atoms with E-state index in [1.165, 1.54) is 0 Å². The minimum atomic E-state index is -0.321. The van der Waals surface area contributed by atoms with Crippen molar-refractivity contribution in [2.45, 2.75) is 19.8 Å². The quantitative estimate of drug-likeness (QED) is 0.798. The second kappa shape index (κ2) is 8.34. The Kier molecular flexibility index (Phi) is 6.18. The maximum absolute atomic E-state index is 11.8. The van der Waals surface area contributed by atoms with E-state index in [4.69, 9.17) is 11.6 Å². The lowest BCUT2D eigenvalue weighted by Gasteiger charge is -2.07. The Morgan fingerprint density at radius 3 is 2.26 bits per heavy atom. The first-order valence-corrected chi connectivity index (χ1v) is 7.78. The lowest BCUT2D eigenvalue weighted by Crippen LogP contribution is -2.29. The van der Waals surface area contributed by atoms with Crippen LogP contribution in [0.4, 0.5) is 5.69 Å². The highest BCUT2D eigenvalue weighted by Gasteiger charge is 2.09. The van der Waals surface area contributed by atoms with Crippen molar-refractivity contribution in [2.75, 3.05) is 11.9 Å². The molecule has 0 spiro atoms. The van der Waals surface area contributed by atoms with E-state index in [2.05, 4.69) is 10.6 Å². The molecule has 120 valence electrons. The molecule has 5 heteroatoms. The molecular formula is C18H19ClN2O2. The van der Waals surface area contributed by atoms with Crippen LogP contribution in [0.5, 0.6) is 0 Å². The predicted molar refractivity (Wildman–Crippen MR) is 92.6 cm³/mol. The van der Waals surface area contributed by atoms with Gasteiger partial charge in [-0.3, -0.25) is 9.59 Å². The van der Waals surface area contributed by atoms with Crippen LogP contribution in [0.25, 0.3) is 0 Å². The molecule has 0 unspecified atom stereocenters. The van der Waals surface area contributed by atoms with Crippen LogP contribution in [-0.4, -0.2) is 18.4 Å². The van der Waals surface area contributed by atoms with Gasteiger partial charge in [-0.2, -0.15) is 0 Å². The molecule has 0 atom stereocenters. The van der Waals surface area contributed by atoms with Gasteiger partial charge in [-0.05, 0) is 43.2 Å². The van der Waals surface area contributed by atoms with Crippen LogP contribution in [0.1, 0.15) is 17.5 Å². The molecule has 0 fully saturated rings. The Labute approximate surface area is 140 Å². The van der Waals surface area contributed by atoms with Crippen molar-refractivity contribution in [3.8, 4) is 0 Å². The van der Waals surface area contributed by atoms with Gasteiger partial charge in [0.05, 0.1) is 0 Å². The van der Waals surface area contributed by atoms with Gasteiger partial charge in [-0.25, -0.2) is 0 Å². The molecule has 0 heterocycles. The largest absolute Gasteiger partial charge is 0.355 e. The Morgan fingerprint density at radius 2 is 1.61 bits per heavy atom. The second-order valence-corrected chi connectivity index (χ2v) is 5.75. The minimum Gasteiger partial charge on any atom is -0.355 e. The maximum Gasteiger partial charge on any atom is 0.233 e. The molecule has 0 aromatic heterocycles. The molecule has 0 saturated heterocycles. The third-order valence-electron chi connectivity index (χ3n) is 3.31. The zero-order chi connectivity index (χ0) is 16.7. The summed E-state index contributed by atoms with van der Waals surface area (Å²) in [5.41, 5.74) is 2.89. The molecule has 4 nitrogen and oxygen atoms in total. The zero-order valence-electron chi connectivity index (χ0n) is 12.9. The first-order valence-electron chi connectivity index (χ1n) is 7.40. The Balaban J connectivity index is 1.70. The summed E-state index contributed by atoms with van der Waals surface area (Å²) in [5, 5.41) is 6.12. The first-order chi connectivity index (χ1) is 11.0. The topological polar surface area (TPSA) is 58.2 Å². The Bertz CT molecular complexity index is 666. The van der Waals surface area contributed by atoms with Crippen molar-refractivity contribution in [3.05, 3.63) is 64.7 Å². The average Bonchev–Trinajstić information content (AvgIpc) is 2.51. The van der Waals surface area contributed by atoms with Crippen LogP contribution >= 0.6 is 11.6 Å². The van der Waals surface area contributed by atoms with Crippen molar-refractivity contribution < 1.29 is 9.59 Å². The smallest absolute Gasteiger partial charge is 0.233 e. The van der Waals surface area contributed by atoms with Gasteiger partial charge in [0.1, 0.15) is 6.42 Å². The van der Waals surface area contributed by atoms with Crippen LogP contribution in [0.3, 0.4) is 0 Å². The number of carbonyl (C=O) groups is 2. The van der Waals surface area contributed by atoms with E-state index in [9.17, 15) is 9.59 Å². The maximum atomic E-state index is 11.8. The van der Waals surface area contributed by atoms with E-state index < -0.39 is 0 Å². The van der Waals surface area contributed by atoms with E-state index >= 15 is 0 Å². The summed E-state index contributed by atoms with van der Waals surface area (Å²) < 4.78 is 0. The number of anilines is 1. The number of nitrogens with one attached hydrogen (secondary N) is 2. The van der Waals surface area contributed by atoms with Crippen LogP contribution < -0.4 is 10.6 Å². The summed E-state index contributed by atoms with van der Waals surface area (Å²) in [6.45, 7) is 2.46. The van der Waals surface area contributed by atoms with Gasteiger partial charge >= 0.3 is 0 Å². The van der Waals surface area contributed by atoms with Gasteiger partial charge in [-0.15, -0.1) is 0 Å². The highest BCUT2D eigenvalue weighted by molar-refractivity contribution is 6.30. The number of benzene rings is 2. The Morgan fingerprint density at radius 1 is 0.957 bits per heavy atom. The molecule has 0 aliphatic rings. The number of halogens is 1. The normalized spacial score (nSPS) is 10.2. The number of hydrogen-bond acceptors (Lipinski definition) is 2. The number of aryl methyl sites for hydroxylation is 1.